The SMILES string of the molecule is CC(C)Cc1cc2ccccc2c(S(=O)(=O)O)c1CC(C)C.[H-].[Na+]. The van der Waals surface area contributed by atoms with Gasteiger partial charge in [-0.3, -0.25) is 4.55 Å². The predicted octanol–water partition coefficient (Wildman–Crippen LogP) is 1.60. The number of hydrogen-bond acceptors (Lipinski definition) is 2. The summed E-state index contributed by atoms with van der Waals surface area (Å²) in [5.41, 5.74) is 1.79. The van der Waals surface area contributed by atoms with Crippen LogP contribution in [0.1, 0.15) is 40.2 Å². The molecule has 2 aromatic carbocycles. The van der Waals surface area contributed by atoms with E-state index in [-0.39, 0.29) is 35.9 Å². The Morgan fingerprint density at radius 1 is 1.04 bits per heavy atom. The Hall–Kier alpha value is -0.390. The van der Waals surface area contributed by atoms with Gasteiger partial charge in [-0.1, -0.05) is 58.0 Å². The average Bonchev–Trinajstić information content (AvgIpc) is 2.36. The molecule has 0 amide bonds. The van der Waals surface area contributed by atoms with Gasteiger partial charge in [0.2, 0.25) is 0 Å². The Morgan fingerprint density at radius 3 is 2.13 bits per heavy atom. The van der Waals surface area contributed by atoms with Gasteiger partial charge in [-0.2, -0.15) is 8.42 Å². The molecule has 0 saturated heterocycles. The van der Waals surface area contributed by atoms with Crippen molar-refractivity contribution in [1.29, 1.82) is 0 Å². The second-order valence-electron chi connectivity index (χ2n) is 6.74. The van der Waals surface area contributed by atoms with E-state index in [4.69, 9.17) is 0 Å². The van der Waals surface area contributed by atoms with Crippen LogP contribution in [0.4, 0.5) is 0 Å². The van der Waals surface area contributed by atoms with Crippen molar-refractivity contribution in [3.05, 3.63) is 41.5 Å². The van der Waals surface area contributed by atoms with Gasteiger partial charge in [0.1, 0.15) is 4.90 Å². The van der Waals surface area contributed by atoms with Crippen LogP contribution in [0.25, 0.3) is 10.8 Å². The Balaban J connectivity index is 0.00000264. The topological polar surface area (TPSA) is 54.4 Å². The first kappa shape index (κ1) is 20.7. The summed E-state index contributed by atoms with van der Waals surface area (Å²) in [4.78, 5) is 0.0925. The number of fused-ring (bicyclic) bond motifs is 1. The van der Waals surface area contributed by atoms with E-state index in [2.05, 4.69) is 33.8 Å². The summed E-state index contributed by atoms with van der Waals surface area (Å²) in [6.07, 6.45) is 1.44. The molecule has 0 aliphatic carbocycles. The van der Waals surface area contributed by atoms with E-state index >= 15 is 0 Å². The van der Waals surface area contributed by atoms with Crippen LogP contribution in [0.3, 0.4) is 0 Å². The fraction of sp³-hybridized carbons (Fsp3) is 0.444. The fourth-order valence-corrected chi connectivity index (χ4v) is 3.95. The molecule has 0 aliphatic rings. The van der Waals surface area contributed by atoms with Gasteiger partial charge in [0.15, 0.2) is 0 Å². The van der Waals surface area contributed by atoms with Crippen LogP contribution in [-0.2, 0) is 23.0 Å². The van der Waals surface area contributed by atoms with E-state index in [9.17, 15) is 13.0 Å². The molecular formula is C18H25NaO3S. The molecule has 0 bridgehead atoms. The smallest absolute Gasteiger partial charge is 1.00 e. The molecule has 3 nitrogen and oxygen atoms in total. The van der Waals surface area contributed by atoms with Gasteiger partial charge in [0, 0.05) is 5.39 Å². The molecule has 0 fully saturated rings. The van der Waals surface area contributed by atoms with Gasteiger partial charge >= 0.3 is 29.6 Å². The van der Waals surface area contributed by atoms with E-state index in [0.717, 1.165) is 22.9 Å². The van der Waals surface area contributed by atoms with Crippen molar-refractivity contribution >= 4 is 20.9 Å². The first-order valence-electron chi connectivity index (χ1n) is 7.71. The minimum absolute atomic E-state index is 0. The van der Waals surface area contributed by atoms with Crippen LogP contribution in [0.5, 0.6) is 0 Å². The molecule has 0 spiro atoms. The minimum Gasteiger partial charge on any atom is -1.00 e. The summed E-state index contributed by atoms with van der Waals surface area (Å²) in [6, 6.07) is 9.42. The molecular weight excluding hydrogens is 319 g/mol. The molecule has 0 aliphatic heterocycles. The summed E-state index contributed by atoms with van der Waals surface area (Å²) in [6.45, 7) is 8.34. The second kappa shape index (κ2) is 8.13. The van der Waals surface area contributed by atoms with E-state index in [1.807, 2.05) is 12.1 Å². The Morgan fingerprint density at radius 2 is 1.61 bits per heavy atom. The molecule has 0 atom stereocenters. The van der Waals surface area contributed by atoms with Gasteiger partial charge < -0.3 is 1.43 Å². The van der Waals surface area contributed by atoms with E-state index in [0.29, 0.717) is 23.6 Å². The van der Waals surface area contributed by atoms with Gasteiger partial charge in [0.25, 0.3) is 10.1 Å². The van der Waals surface area contributed by atoms with Crippen molar-refractivity contribution in [2.75, 3.05) is 0 Å². The molecule has 0 unspecified atom stereocenters. The van der Waals surface area contributed by atoms with Gasteiger partial charge in [-0.25, -0.2) is 0 Å². The van der Waals surface area contributed by atoms with Crippen molar-refractivity contribution in [2.45, 2.75) is 45.4 Å². The van der Waals surface area contributed by atoms with Crippen LogP contribution < -0.4 is 29.6 Å². The molecule has 0 aromatic heterocycles. The number of rotatable bonds is 5. The van der Waals surface area contributed by atoms with Crippen LogP contribution in [0, 0.1) is 11.8 Å². The zero-order valence-corrected chi connectivity index (χ0v) is 17.4. The summed E-state index contributed by atoms with van der Waals surface area (Å²) in [5, 5.41) is 1.46. The third kappa shape index (κ3) is 5.04. The summed E-state index contributed by atoms with van der Waals surface area (Å²) >= 11 is 0. The normalized spacial score (nSPS) is 12.0. The average molecular weight is 344 g/mol. The Labute approximate surface area is 163 Å². The second-order valence-corrected chi connectivity index (χ2v) is 8.09. The first-order valence-corrected chi connectivity index (χ1v) is 9.15. The fourth-order valence-electron chi connectivity index (χ4n) is 2.96. The summed E-state index contributed by atoms with van der Waals surface area (Å²) in [5.74, 6) is 0.730. The third-order valence-corrected chi connectivity index (χ3v) is 4.68. The maximum absolute atomic E-state index is 12.0. The molecule has 0 saturated carbocycles. The van der Waals surface area contributed by atoms with Gasteiger partial charge in [-0.15, -0.1) is 0 Å². The van der Waals surface area contributed by atoms with Crippen LogP contribution in [0.15, 0.2) is 35.2 Å². The molecule has 5 heteroatoms. The molecule has 23 heavy (non-hydrogen) atoms. The molecule has 2 rings (SSSR count). The van der Waals surface area contributed by atoms with Crippen LogP contribution in [-0.4, -0.2) is 13.0 Å². The summed E-state index contributed by atoms with van der Waals surface area (Å²) in [7, 11) is -4.26. The van der Waals surface area contributed by atoms with E-state index in [1.165, 1.54) is 0 Å². The van der Waals surface area contributed by atoms with Crippen molar-refractivity contribution in [2.24, 2.45) is 11.8 Å². The Bertz CT molecular complexity index is 786. The van der Waals surface area contributed by atoms with Crippen molar-refractivity contribution in [3.8, 4) is 0 Å². The van der Waals surface area contributed by atoms with Gasteiger partial charge in [-0.05, 0) is 41.2 Å². The van der Waals surface area contributed by atoms with Crippen LogP contribution >= 0.6 is 0 Å². The van der Waals surface area contributed by atoms with Crippen molar-refractivity contribution in [3.63, 3.8) is 0 Å². The Kier molecular flexibility index (Phi) is 7.30. The molecule has 0 heterocycles. The molecule has 122 valence electrons. The van der Waals surface area contributed by atoms with Gasteiger partial charge in [0.05, 0.1) is 0 Å². The number of hydrogen-bond donors (Lipinski definition) is 1. The standard InChI is InChI=1S/C18H24O3S.Na.H/c1-12(2)9-15-11-14-7-5-6-8-16(14)18(22(19,20)21)17(15)10-13(3)4;;/h5-8,11-13H,9-10H2,1-4H3,(H,19,20,21);;/q;+1;-1. The molecule has 0 radical (unpaired) electrons. The predicted molar refractivity (Wildman–Crippen MR) is 92.0 cm³/mol. The van der Waals surface area contributed by atoms with Crippen molar-refractivity contribution in [1.82, 2.24) is 0 Å². The summed E-state index contributed by atoms with van der Waals surface area (Å²) < 4.78 is 33.9. The quantitative estimate of drug-likeness (QED) is 0.662. The third-order valence-electron chi connectivity index (χ3n) is 3.70. The monoisotopic (exact) mass is 344 g/mol. The maximum Gasteiger partial charge on any atom is 1.00 e. The molecule has 1 N–H and O–H groups in total. The van der Waals surface area contributed by atoms with Crippen LogP contribution in [0.2, 0.25) is 0 Å². The zero-order chi connectivity index (χ0) is 16.5. The number of benzene rings is 2. The largest absolute Gasteiger partial charge is 1.00 e. The van der Waals surface area contributed by atoms with E-state index in [1.54, 1.807) is 12.1 Å². The molecule has 2 aromatic rings. The first-order chi connectivity index (χ1) is 10.2. The van der Waals surface area contributed by atoms with E-state index < -0.39 is 10.1 Å². The maximum atomic E-state index is 12.0. The van der Waals surface area contributed by atoms with Crippen molar-refractivity contribution < 1.29 is 44.0 Å². The minimum atomic E-state index is -4.26. The zero-order valence-electron chi connectivity index (χ0n) is 15.6.